The number of hydrogen-bond donors (Lipinski definition) is 1. The van der Waals surface area contributed by atoms with Gasteiger partial charge in [-0.1, -0.05) is 51.1 Å². The van der Waals surface area contributed by atoms with Crippen molar-refractivity contribution in [2.45, 2.75) is 39.7 Å². The van der Waals surface area contributed by atoms with Gasteiger partial charge in [0.15, 0.2) is 5.78 Å². The Morgan fingerprint density at radius 2 is 1.83 bits per heavy atom. The molecule has 1 unspecified atom stereocenters. The Morgan fingerprint density at radius 3 is 2.41 bits per heavy atom. The first kappa shape index (κ1) is 21.1. The zero-order valence-electron chi connectivity index (χ0n) is 17.5. The Labute approximate surface area is 172 Å². The van der Waals surface area contributed by atoms with Crippen molar-refractivity contribution >= 4 is 11.7 Å². The van der Waals surface area contributed by atoms with E-state index in [1.165, 1.54) is 0 Å². The number of ketones is 1. The summed E-state index contributed by atoms with van der Waals surface area (Å²) in [5.41, 5.74) is 1.38. The number of rotatable bonds is 6. The summed E-state index contributed by atoms with van der Waals surface area (Å²) in [6, 6.07) is 9.51. The number of nitrogens with zero attached hydrogens (tertiary/aromatic N) is 3. The van der Waals surface area contributed by atoms with Gasteiger partial charge in [-0.3, -0.25) is 24.5 Å². The molecular weight excluding hydrogens is 364 g/mol. The smallest absolute Gasteiger partial charge is 0.224 e. The first-order valence-corrected chi connectivity index (χ1v) is 10.2. The van der Waals surface area contributed by atoms with E-state index >= 15 is 0 Å². The molecule has 1 aliphatic rings. The van der Waals surface area contributed by atoms with Crippen LogP contribution < -0.4 is 5.32 Å². The van der Waals surface area contributed by atoms with Crippen molar-refractivity contribution in [1.29, 1.82) is 0 Å². The molecule has 1 fully saturated rings. The van der Waals surface area contributed by atoms with Gasteiger partial charge in [0.2, 0.25) is 5.91 Å². The van der Waals surface area contributed by atoms with Crippen LogP contribution in [-0.2, 0) is 9.59 Å². The number of Topliss-reactive ketones (excluding diaryl/α,β-unsaturated/α-hetero) is 1. The van der Waals surface area contributed by atoms with Gasteiger partial charge in [0.05, 0.1) is 24.5 Å². The third-order valence-electron chi connectivity index (χ3n) is 5.46. The summed E-state index contributed by atoms with van der Waals surface area (Å²) in [5, 5.41) is 3.17. The van der Waals surface area contributed by atoms with E-state index in [4.69, 9.17) is 0 Å². The first-order chi connectivity index (χ1) is 13.8. The van der Waals surface area contributed by atoms with Gasteiger partial charge in [0.1, 0.15) is 0 Å². The molecule has 0 spiro atoms. The lowest BCUT2D eigenvalue weighted by Gasteiger charge is -2.33. The molecule has 2 heterocycles. The summed E-state index contributed by atoms with van der Waals surface area (Å²) in [5.74, 6) is 0.220. The fourth-order valence-corrected chi connectivity index (χ4v) is 3.49. The molecule has 3 rings (SSSR count). The number of hydrogen-bond acceptors (Lipinski definition) is 5. The normalized spacial score (nSPS) is 16.9. The number of carbonyl (C=O) groups excluding carboxylic acids is 2. The molecule has 1 N–H and O–H groups in total. The van der Waals surface area contributed by atoms with Crippen LogP contribution in [0, 0.1) is 11.3 Å². The lowest BCUT2D eigenvalue weighted by molar-refractivity contribution is -0.129. The average molecular weight is 395 g/mol. The largest absolute Gasteiger partial charge is 0.343 e. The van der Waals surface area contributed by atoms with Crippen LogP contribution in [0.15, 0.2) is 48.9 Å². The van der Waals surface area contributed by atoms with Crippen LogP contribution in [0.2, 0.25) is 0 Å². The second-order valence-corrected chi connectivity index (χ2v) is 8.71. The highest BCUT2D eigenvalue weighted by Gasteiger charge is 2.30. The second-order valence-electron chi connectivity index (χ2n) is 8.71. The van der Waals surface area contributed by atoms with E-state index in [-0.39, 0.29) is 29.1 Å². The monoisotopic (exact) mass is 394 g/mol. The molecule has 1 saturated heterocycles. The summed E-state index contributed by atoms with van der Waals surface area (Å²) in [6.45, 7) is 7.84. The summed E-state index contributed by atoms with van der Waals surface area (Å²) in [6.07, 6.45) is 6.47. The molecule has 0 radical (unpaired) electrons. The van der Waals surface area contributed by atoms with Crippen molar-refractivity contribution in [1.82, 2.24) is 20.2 Å². The van der Waals surface area contributed by atoms with Crippen molar-refractivity contribution in [2.24, 2.45) is 11.3 Å². The summed E-state index contributed by atoms with van der Waals surface area (Å²) in [7, 11) is 0. The van der Waals surface area contributed by atoms with Crippen molar-refractivity contribution in [3.63, 3.8) is 0 Å². The number of aromatic nitrogens is 2. The van der Waals surface area contributed by atoms with E-state index in [1.807, 2.05) is 51.1 Å². The molecule has 0 aliphatic carbocycles. The summed E-state index contributed by atoms with van der Waals surface area (Å²) < 4.78 is 0. The van der Waals surface area contributed by atoms with Gasteiger partial charge in [-0.15, -0.1) is 0 Å². The fraction of sp³-hybridized carbons (Fsp3) is 0.478. The Hall–Kier alpha value is -2.60. The van der Waals surface area contributed by atoms with E-state index in [9.17, 15) is 9.59 Å². The van der Waals surface area contributed by atoms with Crippen LogP contribution >= 0.6 is 0 Å². The Bertz CT molecular complexity index is 770. The average Bonchev–Trinajstić information content (AvgIpc) is 2.73. The number of benzene rings is 1. The van der Waals surface area contributed by atoms with Crippen LogP contribution in [-0.4, -0.2) is 46.2 Å². The molecule has 1 amide bonds. The van der Waals surface area contributed by atoms with Crippen LogP contribution in [0.4, 0.5) is 0 Å². The Kier molecular flexibility index (Phi) is 6.75. The van der Waals surface area contributed by atoms with Gasteiger partial charge in [-0.25, -0.2) is 0 Å². The molecule has 0 bridgehead atoms. The van der Waals surface area contributed by atoms with E-state index in [2.05, 4.69) is 20.2 Å². The number of carbonyl (C=O) groups is 2. The van der Waals surface area contributed by atoms with Crippen LogP contribution in [0.3, 0.4) is 0 Å². The van der Waals surface area contributed by atoms with Gasteiger partial charge < -0.3 is 5.32 Å². The molecule has 2 aromatic rings. The van der Waals surface area contributed by atoms with Crippen molar-refractivity contribution in [3.8, 4) is 0 Å². The number of nitrogens with one attached hydrogen (secondary N) is 1. The minimum atomic E-state index is -0.326. The highest BCUT2D eigenvalue weighted by molar-refractivity contribution is 5.85. The summed E-state index contributed by atoms with van der Waals surface area (Å²) >= 11 is 0. The standard InChI is InChI=1S/C23H30N4O2/c1-23(2,3)20(28)16-27-13-9-18(10-14-27)22(29)26-21(17-7-5-4-6-8-17)19-15-24-11-12-25-19/h4-8,11-12,15,18,21H,9-10,13-14,16H2,1-3H3,(H,26,29). The third-order valence-corrected chi connectivity index (χ3v) is 5.46. The van der Waals surface area contributed by atoms with Gasteiger partial charge >= 0.3 is 0 Å². The maximum atomic E-state index is 13.0. The van der Waals surface area contributed by atoms with Crippen molar-refractivity contribution in [2.75, 3.05) is 19.6 Å². The predicted octanol–water partition coefficient (Wildman–Crippen LogP) is 3.01. The van der Waals surface area contributed by atoms with Gasteiger partial charge in [0.25, 0.3) is 0 Å². The lowest BCUT2D eigenvalue weighted by Crippen LogP contribution is -2.44. The molecule has 6 nitrogen and oxygen atoms in total. The molecule has 1 aliphatic heterocycles. The fourth-order valence-electron chi connectivity index (χ4n) is 3.49. The first-order valence-electron chi connectivity index (χ1n) is 10.2. The zero-order chi connectivity index (χ0) is 20.9. The highest BCUT2D eigenvalue weighted by atomic mass is 16.2. The second kappa shape index (κ2) is 9.27. The van der Waals surface area contributed by atoms with Gasteiger partial charge in [0, 0.05) is 23.7 Å². The SMILES string of the molecule is CC(C)(C)C(=O)CN1CCC(C(=O)NC(c2ccccc2)c2cnccn2)CC1. The van der Waals surface area contributed by atoms with Gasteiger partial charge in [-0.2, -0.15) is 0 Å². The summed E-state index contributed by atoms with van der Waals surface area (Å²) in [4.78, 5) is 36.0. The zero-order valence-corrected chi connectivity index (χ0v) is 17.5. The third kappa shape index (κ3) is 5.70. The molecule has 29 heavy (non-hydrogen) atoms. The van der Waals surface area contributed by atoms with Crippen LogP contribution in [0.1, 0.15) is 50.9 Å². The molecule has 1 aromatic heterocycles. The molecule has 1 aromatic carbocycles. The molecule has 154 valence electrons. The number of amides is 1. The highest BCUT2D eigenvalue weighted by Crippen LogP contribution is 2.24. The quantitative estimate of drug-likeness (QED) is 0.815. The number of piperidine rings is 1. The molecule has 1 atom stereocenters. The predicted molar refractivity (Wildman–Crippen MR) is 112 cm³/mol. The number of likely N-dealkylation sites (tertiary alicyclic amines) is 1. The van der Waals surface area contributed by atoms with E-state index in [1.54, 1.807) is 18.6 Å². The minimum Gasteiger partial charge on any atom is -0.343 e. The lowest BCUT2D eigenvalue weighted by atomic mass is 9.89. The van der Waals surface area contributed by atoms with E-state index in [0.29, 0.717) is 6.54 Å². The minimum absolute atomic E-state index is 0.0336. The van der Waals surface area contributed by atoms with E-state index in [0.717, 1.165) is 37.2 Å². The van der Waals surface area contributed by atoms with Crippen molar-refractivity contribution < 1.29 is 9.59 Å². The Balaban J connectivity index is 1.62. The van der Waals surface area contributed by atoms with Crippen LogP contribution in [0.5, 0.6) is 0 Å². The Morgan fingerprint density at radius 1 is 1.14 bits per heavy atom. The molecular formula is C23H30N4O2. The molecule has 6 heteroatoms. The van der Waals surface area contributed by atoms with Crippen LogP contribution in [0.25, 0.3) is 0 Å². The topological polar surface area (TPSA) is 75.2 Å². The van der Waals surface area contributed by atoms with E-state index < -0.39 is 0 Å². The maximum Gasteiger partial charge on any atom is 0.224 e. The maximum absolute atomic E-state index is 13.0. The molecule has 0 saturated carbocycles. The van der Waals surface area contributed by atoms with Crippen molar-refractivity contribution in [3.05, 3.63) is 60.2 Å². The van der Waals surface area contributed by atoms with Gasteiger partial charge in [-0.05, 0) is 31.5 Å².